The lowest BCUT2D eigenvalue weighted by Gasteiger charge is -2.36. The first-order valence-electron chi connectivity index (χ1n) is 16.6. The molecule has 2 heterocycles. The summed E-state index contributed by atoms with van der Waals surface area (Å²) >= 11 is 0. The summed E-state index contributed by atoms with van der Waals surface area (Å²) in [5, 5.41) is 14.2. The van der Waals surface area contributed by atoms with Crippen LogP contribution in [0.5, 0.6) is 0 Å². The minimum atomic E-state index is -1.07. The number of aryl methyl sites for hydroxylation is 1. The van der Waals surface area contributed by atoms with Crippen LogP contribution in [0.15, 0.2) is 35.9 Å². The van der Waals surface area contributed by atoms with E-state index in [9.17, 15) is 19.5 Å². The van der Waals surface area contributed by atoms with Crippen LogP contribution in [0.1, 0.15) is 90.4 Å². The Labute approximate surface area is 264 Å². The quantitative estimate of drug-likeness (QED) is 0.290. The van der Waals surface area contributed by atoms with Gasteiger partial charge in [-0.25, -0.2) is 0 Å². The van der Waals surface area contributed by atoms with E-state index in [1.165, 1.54) is 5.56 Å². The van der Waals surface area contributed by atoms with Gasteiger partial charge >= 0.3 is 0 Å². The molecular weight excluding hydrogens is 556 g/mol. The number of aliphatic hydroxyl groups is 1. The molecule has 9 nitrogen and oxygen atoms in total. The van der Waals surface area contributed by atoms with Gasteiger partial charge in [-0.05, 0) is 82.0 Å². The van der Waals surface area contributed by atoms with Crippen LogP contribution in [-0.4, -0.2) is 95.2 Å². The van der Waals surface area contributed by atoms with E-state index in [0.29, 0.717) is 18.5 Å². The lowest BCUT2D eigenvalue weighted by atomic mass is 9.96. The van der Waals surface area contributed by atoms with Gasteiger partial charge in [-0.2, -0.15) is 0 Å². The molecule has 244 valence electrons. The molecule has 1 aromatic rings. The Balaban J connectivity index is 1.43. The van der Waals surface area contributed by atoms with Crippen molar-refractivity contribution >= 4 is 17.7 Å². The van der Waals surface area contributed by atoms with Crippen LogP contribution >= 0.6 is 0 Å². The maximum atomic E-state index is 13.9. The summed E-state index contributed by atoms with van der Waals surface area (Å²) in [5.41, 5.74) is 2.90. The van der Waals surface area contributed by atoms with E-state index >= 15 is 0 Å². The van der Waals surface area contributed by atoms with Gasteiger partial charge in [0, 0.05) is 19.2 Å². The number of hydrogen-bond acceptors (Lipinski definition) is 6. The fourth-order valence-electron chi connectivity index (χ4n) is 7.10. The number of rotatable bonds is 11. The molecule has 0 radical (unpaired) electrons. The van der Waals surface area contributed by atoms with Crippen LogP contribution in [0.3, 0.4) is 0 Å². The lowest BCUT2D eigenvalue weighted by molar-refractivity contribution is -0.173. The van der Waals surface area contributed by atoms with E-state index in [0.717, 1.165) is 50.6 Å². The first-order valence-corrected chi connectivity index (χ1v) is 16.6. The summed E-state index contributed by atoms with van der Waals surface area (Å²) in [4.78, 5) is 46.3. The van der Waals surface area contributed by atoms with E-state index in [2.05, 4.69) is 22.3 Å². The summed E-state index contributed by atoms with van der Waals surface area (Å²) in [6.07, 6.45) is 6.71. The van der Waals surface area contributed by atoms with Crippen LogP contribution in [0.2, 0.25) is 0 Å². The predicted molar refractivity (Wildman–Crippen MR) is 172 cm³/mol. The molecule has 3 aliphatic rings. The molecule has 0 saturated carbocycles. The minimum Gasteiger partial charge on any atom is -0.366 e. The largest absolute Gasteiger partial charge is 0.366 e. The van der Waals surface area contributed by atoms with Gasteiger partial charge in [0.15, 0.2) is 6.29 Å². The third-order valence-corrected chi connectivity index (χ3v) is 9.81. The topological polar surface area (TPSA) is 102 Å². The van der Waals surface area contributed by atoms with Gasteiger partial charge < -0.3 is 25.0 Å². The van der Waals surface area contributed by atoms with Crippen LogP contribution in [0, 0.1) is 11.8 Å². The van der Waals surface area contributed by atoms with Crippen molar-refractivity contribution in [3.05, 3.63) is 47.0 Å². The fraction of sp³-hybridized carbons (Fsp3) is 0.686. The number of ether oxygens (including phenoxy) is 1. The Bertz CT molecular complexity index is 1200. The second-order valence-corrected chi connectivity index (χ2v) is 13.7. The highest BCUT2D eigenvalue weighted by atomic mass is 16.6. The summed E-state index contributed by atoms with van der Waals surface area (Å²) < 4.78 is 6.15. The molecule has 4 unspecified atom stereocenters. The number of carbonyl (C=O) groups is 3. The fourth-order valence-corrected chi connectivity index (χ4v) is 7.10. The van der Waals surface area contributed by atoms with Crippen LogP contribution in [0.4, 0.5) is 0 Å². The Hall–Kier alpha value is -2.75. The molecule has 44 heavy (non-hydrogen) atoms. The highest BCUT2D eigenvalue weighted by Crippen LogP contribution is 2.36. The molecule has 2 fully saturated rings. The van der Waals surface area contributed by atoms with E-state index in [4.69, 9.17) is 4.74 Å². The summed E-state index contributed by atoms with van der Waals surface area (Å²) in [6.45, 7) is 11.2. The van der Waals surface area contributed by atoms with Crippen LogP contribution < -0.4 is 5.32 Å². The van der Waals surface area contributed by atoms with E-state index in [1.54, 1.807) is 23.8 Å². The molecule has 6 atom stereocenters. The zero-order chi connectivity index (χ0) is 32.1. The summed E-state index contributed by atoms with van der Waals surface area (Å²) in [7, 11) is 3.72. The third-order valence-electron chi connectivity index (χ3n) is 9.81. The second-order valence-electron chi connectivity index (χ2n) is 13.7. The van der Waals surface area contributed by atoms with E-state index in [1.807, 2.05) is 53.0 Å². The van der Waals surface area contributed by atoms with Gasteiger partial charge in [-0.1, -0.05) is 64.5 Å². The number of hydrogen-bond donors (Lipinski definition) is 2. The number of likely N-dealkylation sites (tertiary alicyclic amines) is 2. The maximum absolute atomic E-state index is 13.9. The van der Waals surface area contributed by atoms with Crippen molar-refractivity contribution in [2.45, 2.75) is 116 Å². The SMILES string of the molecule is C/C(=C\[C@H](C(C)C)N(C)C(=O)C(NC(=O)C1CCCCN1C)C(C)C)C(=O)N1CCC[C@H]1C(O)OC1CCc2ccccc21. The number of amides is 3. The molecule has 0 spiro atoms. The van der Waals surface area contributed by atoms with Gasteiger partial charge in [0.25, 0.3) is 0 Å². The number of nitrogens with zero attached hydrogens (tertiary/aromatic N) is 3. The molecule has 2 N–H and O–H groups in total. The van der Waals surface area contributed by atoms with Crippen molar-refractivity contribution in [3.8, 4) is 0 Å². The molecule has 3 amide bonds. The van der Waals surface area contributed by atoms with Crippen molar-refractivity contribution < 1.29 is 24.2 Å². The number of fused-ring (bicyclic) bond motifs is 1. The predicted octanol–water partition coefficient (Wildman–Crippen LogP) is 4.05. The van der Waals surface area contributed by atoms with Crippen LogP contribution in [0.25, 0.3) is 0 Å². The molecule has 1 aromatic carbocycles. The molecule has 9 heteroatoms. The van der Waals surface area contributed by atoms with Crippen LogP contribution in [-0.2, 0) is 25.5 Å². The number of piperidine rings is 1. The number of benzene rings is 1. The van der Waals surface area contributed by atoms with E-state index in [-0.39, 0.29) is 47.7 Å². The first-order chi connectivity index (χ1) is 20.9. The highest BCUT2D eigenvalue weighted by molar-refractivity contribution is 5.94. The lowest BCUT2D eigenvalue weighted by Crippen LogP contribution is -2.57. The van der Waals surface area contributed by atoms with Crippen molar-refractivity contribution in [2.24, 2.45) is 11.8 Å². The molecular formula is C35H54N4O5. The number of carbonyl (C=O) groups excluding carboxylic acids is 3. The standard InChI is InChI=1S/C35H54N4O5/c1-22(2)29(38(7)34(42)31(23(3)4)36-32(40)27-15-10-11-19-37(27)6)21-24(5)33(41)39-20-12-16-28(39)35(43)44-30-18-17-25-13-8-9-14-26(25)30/h8-9,13-14,21-23,27-31,35,43H,10-12,15-20H2,1-7H3,(H,36,40)/b24-21+/t27?,28-,29+,30?,31?,35?/m0/s1. The smallest absolute Gasteiger partial charge is 0.249 e. The zero-order valence-electron chi connectivity index (χ0n) is 27.8. The Kier molecular flexibility index (Phi) is 11.7. The normalized spacial score (nSPS) is 24.7. The Morgan fingerprint density at radius 2 is 1.75 bits per heavy atom. The average Bonchev–Trinajstić information content (AvgIpc) is 3.65. The molecule has 2 aliphatic heterocycles. The Morgan fingerprint density at radius 1 is 1.02 bits per heavy atom. The summed E-state index contributed by atoms with van der Waals surface area (Å²) in [6, 6.07) is 6.51. The first kappa shape index (κ1) is 34.1. The van der Waals surface area contributed by atoms with Gasteiger partial charge in [0.2, 0.25) is 17.7 Å². The number of nitrogens with one attached hydrogen (secondary N) is 1. The Morgan fingerprint density at radius 3 is 2.43 bits per heavy atom. The zero-order valence-corrected chi connectivity index (χ0v) is 27.8. The van der Waals surface area contributed by atoms with Gasteiger partial charge in [0.1, 0.15) is 6.04 Å². The molecule has 2 saturated heterocycles. The minimum absolute atomic E-state index is 0.0328. The van der Waals surface area contributed by atoms with Crippen molar-refractivity contribution in [3.63, 3.8) is 0 Å². The highest BCUT2D eigenvalue weighted by Gasteiger charge is 2.38. The maximum Gasteiger partial charge on any atom is 0.249 e. The second kappa shape index (κ2) is 15.0. The van der Waals surface area contributed by atoms with E-state index < -0.39 is 18.4 Å². The van der Waals surface area contributed by atoms with Crippen molar-refractivity contribution in [1.82, 2.24) is 20.0 Å². The average molecular weight is 611 g/mol. The molecule has 1 aliphatic carbocycles. The van der Waals surface area contributed by atoms with Crippen molar-refractivity contribution in [1.29, 1.82) is 0 Å². The number of likely N-dealkylation sites (N-methyl/N-ethyl adjacent to an activating group) is 2. The molecule has 4 rings (SSSR count). The summed E-state index contributed by atoms with van der Waals surface area (Å²) in [5.74, 6) is -0.478. The van der Waals surface area contributed by atoms with Gasteiger partial charge in [0.05, 0.1) is 24.2 Å². The molecule has 0 aromatic heterocycles. The number of aliphatic hydroxyl groups excluding tert-OH is 1. The van der Waals surface area contributed by atoms with Gasteiger partial charge in [-0.15, -0.1) is 0 Å². The molecule has 0 bridgehead atoms. The third kappa shape index (κ3) is 7.72. The monoisotopic (exact) mass is 610 g/mol. The van der Waals surface area contributed by atoms with Gasteiger partial charge in [-0.3, -0.25) is 19.3 Å². The van der Waals surface area contributed by atoms with Crippen molar-refractivity contribution in [2.75, 3.05) is 27.2 Å².